The molecule has 0 atom stereocenters. The van der Waals surface area contributed by atoms with Crippen LogP contribution >= 0.6 is 0 Å². The first-order chi connectivity index (χ1) is 13.8. The van der Waals surface area contributed by atoms with Crippen LogP contribution in [0.4, 0.5) is 5.69 Å². The topological polar surface area (TPSA) is 78.5 Å². The van der Waals surface area contributed by atoms with Gasteiger partial charge in [0, 0.05) is 12.1 Å². The summed E-state index contributed by atoms with van der Waals surface area (Å²) in [5, 5.41) is 2.99. The Bertz CT molecular complexity index is 937. The maximum absolute atomic E-state index is 12.5. The molecule has 29 heavy (non-hydrogen) atoms. The minimum atomic E-state index is -3.65. The first kappa shape index (κ1) is 21.3. The summed E-state index contributed by atoms with van der Waals surface area (Å²) in [6.45, 7) is 4.70. The summed E-state index contributed by atoms with van der Waals surface area (Å²) in [4.78, 5) is 15.0. The Balaban J connectivity index is 1.56. The molecule has 3 rings (SSSR count). The summed E-state index contributed by atoms with van der Waals surface area (Å²) < 4.78 is 27.6. The SMILES string of the molecule is Cc1cc(C(=O)NCCC2CCN(C)CC2)ccc1NS(=O)(=O)c1ccccc1. The molecule has 6 nitrogen and oxygen atoms in total. The summed E-state index contributed by atoms with van der Waals surface area (Å²) in [5.41, 5.74) is 1.71. The molecular formula is C22H29N3O3S. The summed E-state index contributed by atoms with van der Waals surface area (Å²) in [6.07, 6.45) is 3.36. The van der Waals surface area contributed by atoms with E-state index in [4.69, 9.17) is 0 Å². The highest BCUT2D eigenvalue weighted by Gasteiger charge is 2.18. The summed E-state index contributed by atoms with van der Waals surface area (Å²) in [5.74, 6) is 0.543. The maximum Gasteiger partial charge on any atom is 0.261 e. The second-order valence-corrected chi connectivity index (χ2v) is 9.42. The predicted molar refractivity (Wildman–Crippen MR) is 116 cm³/mol. The molecular weight excluding hydrogens is 386 g/mol. The molecule has 2 N–H and O–H groups in total. The molecule has 0 unspecified atom stereocenters. The number of benzene rings is 2. The number of piperidine rings is 1. The molecule has 1 fully saturated rings. The van der Waals surface area contributed by atoms with Crippen molar-refractivity contribution in [2.24, 2.45) is 5.92 Å². The van der Waals surface area contributed by atoms with Crippen LogP contribution in [0.5, 0.6) is 0 Å². The van der Waals surface area contributed by atoms with Gasteiger partial charge in [0.25, 0.3) is 15.9 Å². The van der Waals surface area contributed by atoms with Crippen LogP contribution < -0.4 is 10.0 Å². The van der Waals surface area contributed by atoms with Crippen molar-refractivity contribution in [2.45, 2.75) is 31.1 Å². The first-order valence-corrected chi connectivity index (χ1v) is 11.5. The van der Waals surface area contributed by atoms with E-state index in [1.54, 1.807) is 55.5 Å². The van der Waals surface area contributed by atoms with Crippen molar-refractivity contribution in [1.29, 1.82) is 0 Å². The summed E-state index contributed by atoms with van der Waals surface area (Å²) in [7, 11) is -1.51. The zero-order chi connectivity index (χ0) is 20.9. The summed E-state index contributed by atoms with van der Waals surface area (Å²) >= 11 is 0. The number of amides is 1. The zero-order valence-electron chi connectivity index (χ0n) is 17.0. The highest BCUT2D eigenvalue weighted by atomic mass is 32.2. The molecule has 2 aromatic carbocycles. The van der Waals surface area contributed by atoms with Crippen LogP contribution in [0, 0.1) is 12.8 Å². The highest BCUT2D eigenvalue weighted by Crippen LogP contribution is 2.21. The number of nitrogens with one attached hydrogen (secondary N) is 2. The molecule has 1 heterocycles. The number of carbonyl (C=O) groups excluding carboxylic acids is 1. The molecule has 0 spiro atoms. The van der Waals surface area contributed by atoms with Gasteiger partial charge in [0.1, 0.15) is 0 Å². The molecule has 1 aliphatic heterocycles. The Hall–Kier alpha value is -2.38. The van der Waals surface area contributed by atoms with Crippen LogP contribution in [-0.2, 0) is 10.0 Å². The number of anilines is 1. The van der Waals surface area contributed by atoms with Gasteiger partial charge >= 0.3 is 0 Å². The van der Waals surface area contributed by atoms with E-state index in [1.807, 2.05) is 0 Å². The number of aryl methyl sites for hydroxylation is 1. The fourth-order valence-electron chi connectivity index (χ4n) is 3.57. The third-order valence-corrected chi connectivity index (χ3v) is 6.84. The normalized spacial score (nSPS) is 15.8. The maximum atomic E-state index is 12.5. The first-order valence-electron chi connectivity index (χ1n) is 10.0. The highest BCUT2D eigenvalue weighted by molar-refractivity contribution is 7.92. The van der Waals surface area contributed by atoms with Gasteiger partial charge in [-0.15, -0.1) is 0 Å². The van der Waals surface area contributed by atoms with Gasteiger partial charge in [-0.2, -0.15) is 0 Å². The van der Waals surface area contributed by atoms with Crippen LogP contribution in [0.25, 0.3) is 0 Å². The largest absolute Gasteiger partial charge is 0.352 e. The van der Waals surface area contributed by atoms with E-state index in [2.05, 4.69) is 22.0 Å². The number of hydrogen-bond acceptors (Lipinski definition) is 4. The molecule has 1 amide bonds. The minimum absolute atomic E-state index is 0.126. The lowest BCUT2D eigenvalue weighted by Crippen LogP contribution is -2.32. The molecule has 1 saturated heterocycles. The van der Waals surface area contributed by atoms with Gasteiger partial charge in [0.05, 0.1) is 10.6 Å². The van der Waals surface area contributed by atoms with Crippen molar-refractivity contribution in [3.8, 4) is 0 Å². The Morgan fingerprint density at radius 2 is 1.79 bits per heavy atom. The molecule has 7 heteroatoms. The van der Waals surface area contributed by atoms with Crippen molar-refractivity contribution < 1.29 is 13.2 Å². The number of carbonyl (C=O) groups is 1. The lowest BCUT2D eigenvalue weighted by atomic mass is 9.94. The minimum Gasteiger partial charge on any atom is -0.352 e. The monoisotopic (exact) mass is 415 g/mol. The van der Waals surface area contributed by atoms with E-state index >= 15 is 0 Å². The van der Waals surface area contributed by atoms with Gasteiger partial charge < -0.3 is 10.2 Å². The summed E-state index contributed by atoms with van der Waals surface area (Å²) in [6, 6.07) is 13.2. The Labute approximate surface area is 173 Å². The fourth-order valence-corrected chi connectivity index (χ4v) is 4.72. The van der Waals surface area contributed by atoms with Crippen molar-refractivity contribution in [2.75, 3.05) is 31.4 Å². The third kappa shape index (κ3) is 5.81. The van der Waals surface area contributed by atoms with Crippen LogP contribution in [0.2, 0.25) is 0 Å². The third-order valence-electron chi connectivity index (χ3n) is 5.46. The lowest BCUT2D eigenvalue weighted by molar-refractivity contribution is 0.0949. The van der Waals surface area contributed by atoms with Crippen molar-refractivity contribution in [3.05, 3.63) is 59.7 Å². The van der Waals surface area contributed by atoms with Gasteiger partial charge in [-0.3, -0.25) is 9.52 Å². The van der Waals surface area contributed by atoms with E-state index in [1.165, 1.54) is 12.8 Å². The number of rotatable bonds is 7. The number of sulfonamides is 1. The van der Waals surface area contributed by atoms with Crippen LogP contribution in [-0.4, -0.2) is 45.9 Å². The molecule has 0 aromatic heterocycles. The van der Waals surface area contributed by atoms with Gasteiger partial charge in [0.2, 0.25) is 0 Å². The van der Waals surface area contributed by atoms with E-state index in [-0.39, 0.29) is 10.8 Å². The number of likely N-dealkylation sites (tertiary alicyclic amines) is 1. The smallest absolute Gasteiger partial charge is 0.261 e. The molecule has 1 aliphatic rings. The second kappa shape index (κ2) is 9.41. The number of hydrogen-bond donors (Lipinski definition) is 2. The molecule has 0 aliphatic carbocycles. The van der Waals surface area contributed by atoms with Crippen molar-refractivity contribution in [3.63, 3.8) is 0 Å². The Morgan fingerprint density at radius 3 is 2.45 bits per heavy atom. The van der Waals surface area contributed by atoms with Crippen LogP contribution in [0.3, 0.4) is 0 Å². The molecule has 156 valence electrons. The van der Waals surface area contributed by atoms with Crippen molar-refractivity contribution in [1.82, 2.24) is 10.2 Å². The molecule has 0 radical (unpaired) electrons. The van der Waals surface area contributed by atoms with Crippen LogP contribution in [0.15, 0.2) is 53.4 Å². The standard InChI is InChI=1S/C22H29N3O3S/c1-17-16-19(22(26)23-13-10-18-11-14-25(2)15-12-18)8-9-21(17)24-29(27,28)20-6-4-3-5-7-20/h3-9,16,18,24H,10-15H2,1-2H3,(H,23,26). The second-order valence-electron chi connectivity index (χ2n) is 7.74. The van der Waals surface area contributed by atoms with Gasteiger partial charge in [-0.05, 0) is 88.1 Å². The number of nitrogens with zero attached hydrogens (tertiary/aromatic N) is 1. The van der Waals surface area contributed by atoms with Gasteiger partial charge in [-0.1, -0.05) is 18.2 Å². The molecule has 2 aromatic rings. The predicted octanol–water partition coefficient (Wildman–Crippen LogP) is 3.26. The van der Waals surface area contributed by atoms with E-state index in [0.29, 0.717) is 29.3 Å². The van der Waals surface area contributed by atoms with E-state index in [9.17, 15) is 13.2 Å². The quantitative estimate of drug-likeness (QED) is 0.728. The molecule has 0 saturated carbocycles. The fraction of sp³-hybridized carbons (Fsp3) is 0.409. The van der Waals surface area contributed by atoms with Gasteiger partial charge in [-0.25, -0.2) is 8.42 Å². The average molecular weight is 416 g/mol. The average Bonchev–Trinajstić information content (AvgIpc) is 2.71. The molecule has 0 bridgehead atoms. The van der Waals surface area contributed by atoms with E-state index < -0.39 is 10.0 Å². The Morgan fingerprint density at radius 1 is 1.10 bits per heavy atom. The van der Waals surface area contributed by atoms with Crippen molar-refractivity contribution >= 4 is 21.6 Å². The lowest BCUT2D eigenvalue weighted by Gasteiger charge is -2.28. The zero-order valence-corrected chi connectivity index (χ0v) is 17.8. The van der Waals surface area contributed by atoms with Crippen LogP contribution in [0.1, 0.15) is 35.2 Å². The van der Waals surface area contributed by atoms with Gasteiger partial charge in [0.15, 0.2) is 0 Å². The van der Waals surface area contributed by atoms with E-state index in [0.717, 1.165) is 19.5 Å². The Kier molecular flexibility index (Phi) is 6.92.